The lowest BCUT2D eigenvalue weighted by Crippen LogP contribution is -2.06. The monoisotopic (exact) mass is 280 g/mol. The van der Waals surface area contributed by atoms with Crippen molar-refractivity contribution in [2.45, 2.75) is 26.5 Å². The fourth-order valence-corrected chi connectivity index (χ4v) is 1.88. The largest absolute Gasteiger partial charge is 0.484 e. The van der Waals surface area contributed by atoms with Gasteiger partial charge >= 0.3 is 0 Å². The molecular weight excluding hydrogens is 264 g/mol. The van der Waals surface area contributed by atoms with Crippen LogP contribution in [-0.4, -0.2) is 14.8 Å². The van der Waals surface area contributed by atoms with E-state index in [0.29, 0.717) is 17.4 Å². The third kappa shape index (κ3) is 3.05. The molecule has 0 radical (unpaired) electrons. The Kier molecular flexibility index (Phi) is 4.07. The van der Waals surface area contributed by atoms with Gasteiger partial charge in [-0.3, -0.25) is 0 Å². The summed E-state index contributed by atoms with van der Waals surface area (Å²) in [6, 6.07) is 5.51. The van der Waals surface area contributed by atoms with Crippen molar-refractivity contribution in [2.75, 3.05) is 0 Å². The zero-order valence-corrected chi connectivity index (χ0v) is 12.0. The van der Waals surface area contributed by atoms with Gasteiger partial charge in [-0.05, 0) is 31.5 Å². The van der Waals surface area contributed by atoms with Crippen LogP contribution in [0.15, 0.2) is 18.2 Å². The lowest BCUT2D eigenvalue weighted by Gasteiger charge is -2.11. The van der Waals surface area contributed by atoms with Crippen LogP contribution in [0.3, 0.4) is 0 Å². The highest BCUT2D eigenvalue weighted by atomic mass is 35.5. The third-order valence-corrected chi connectivity index (χ3v) is 3.32. The predicted molar refractivity (Wildman–Crippen MR) is 74.1 cm³/mol. The van der Waals surface area contributed by atoms with E-state index < -0.39 is 0 Å². The molecule has 2 aromatic rings. The average molecular weight is 281 g/mol. The van der Waals surface area contributed by atoms with Gasteiger partial charge in [0.1, 0.15) is 18.2 Å². The van der Waals surface area contributed by atoms with Crippen molar-refractivity contribution in [3.8, 4) is 5.75 Å². The van der Waals surface area contributed by atoms with Crippen LogP contribution in [0.2, 0.25) is 5.02 Å². The van der Waals surface area contributed by atoms with E-state index in [9.17, 15) is 0 Å². The fraction of sp³-hybridized carbons (Fsp3) is 0.385. The highest BCUT2D eigenvalue weighted by molar-refractivity contribution is 6.32. The number of halogens is 1. The first-order valence-corrected chi connectivity index (χ1v) is 6.39. The second kappa shape index (κ2) is 5.59. The molecule has 0 fully saturated rings. The highest BCUT2D eigenvalue weighted by Crippen LogP contribution is 2.27. The predicted octanol–water partition coefficient (Wildman–Crippen LogP) is 2.38. The first kappa shape index (κ1) is 13.8. The van der Waals surface area contributed by atoms with Gasteiger partial charge in [0.15, 0.2) is 5.82 Å². The summed E-state index contributed by atoms with van der Waals surface area (Å²) >= 11 is 6.16. The Labute approximate surface area is 117 Å². The molecule has 0 aliphatic heterocycles. The van der Waals surface area contributed by atoms with Crippen LogP contribution < -0.4 is 10.5 Å². The molecule has 2 N–H and O–H groups in total. The molecule has 5 nitrogen and oxygen atoms in total. The number of aryl methyl sites for hydroxylation is 1. The van der Waals surface area contributed by atoms with Crippen LogP contribution in [0.25, 0.3) is 0 Å². The standard InChI is InChI=1S/C13H17ClN4O/c1-8(15)10-4-5-12(11(14)6-10)19-7-13-17-16-9(2)18(13)3/h4-6,8H,7,15H2,1-3H3. The smallest absolute Gasteiger partial charge is 0.170 e. The first-order valence-electron chi connectivity index (χ1n) is 6.01. The summed E-state index contributed by atoms with van der Waals surface area (Å²) in [7, 11) is 1.90. The summed E-state index contributed by atoms with van der Waals surface area (Å²) in [5, 5.41) is 8.55. The normalized spacial score (nSPS) is 12.5. The van der Waals surface area contributed by atoms with Crippen molar-refractivity contribution in [3.63, 3.8) is 0 Å². The molecule has 1 aromatic heterocycles. The molecule has 1 unspecified atom stereocenters. The topological polar surface area (TPSA) is 66.0 Å². The highest BCUT2D eigenvalue weighted by Gasteiger charge is 2.09. The van der Waals surface area contributed by atoms with Crippen molar-refractivity contribution in [3.05, 3.63) is 40.4 Å². The Morgan fingerprint density at radius 1 is 1.42 bits per heavy atom. The summed E-state index contributed by atoms with van der Waals surface area (Å²) in [6.07, 6.45) is 0. The fourth-order valence-electron chi connectivity index (χ4n) is 1.64. The molecule has 0 aliphatic carbocycles. The molecule has 0 saturated carbocycles. The summed E-state index contributed by atoms with van der Waals surface area (Å²) in [4.78, 5) is 0. The summed E-state index contributed by atoms with van der Waals surface area (Å²) in [6.45, 7) is 4.13. The zero-order chi connectivity index (χ0) is 14.0. The molecule has 19 heavy (non-hydrogen) atoms. The van der Waals surface area contributed by atoms with E-state index in [1.54, 1.807) is 0 Å². The maximum absolute atomic E-state index is 6.16. The number of ether oxygens (including phenoxy) is 1. The van der Waals surface area contributed by atoms with Crippen molar-refractivity contribution in [2.24, 2.45) is 12.8 Å². The van der Waals surface area contributed by atoms with E-state index in [-0.39, 0.29) is 6.04 Å². The number of nitrogens with zero attached hydrogens (tertiary/aromatic N) is 3. The van der Waals surface area contributed by atoms with Crippen LogP contribution in [0.1, 0.15) is 30.2 Å². The maximum atomic E-state index is 6.16. The number of nitrogens with two attached hydrogens (primary N) is 1. The summed E-state index contributed by atoms with van der Waals surface area (Å²) in [5.74, 6) is 2.22. The minimum atomic E-state index is -0.0482. The average Bonchev–Trinajstić information content (AvgIpc) is 2.68. The van der Waals surface area contributed by atoms with E-state index in [1.165, 1.54) is 0 Å². The molecule has 1 atom stereocenters. The van der Waals surface area contributed by atoms with Crippen molar-refractivity contribution >= 4 is 11.6 Å². The van der Waals surface area contributed by atoms with Crippen molar-refractivity contribution in [1.82, 2.24) is 14.8 Å². The van der Waals surface area contributed by atoms with Gasteiger partial charge < -0.3 is 15.0 Å². The molecule has 1 heterocycles. The molecule has 102 valence electrons. The van der Waals surface area contributed by atoms with Crippen LogP contribution >= 0.6 is 11.6 Å². The molecule has 0 aliphatic rings. The second-order valence-electron chi connectivity index (χ2n) is 4.49. The van der Waals surface area contributed by atoms with Gasteiger partial charge in [0.05, 0.1) is 5.02 Å². The minimum Gasteiger partial charge on any atom is -0.484 e. The Morgan fingerprint density at radius 2 is 2.16 bits per heavy atom. The third-order valence-electron chi connectivity index (χ3n) is 3.02. The quantitative estimate of drug-likeness (QED) is 0.934. The Morgan fingerprint density at radius 3 is 2.68 bits per heavy atom. The van der Waals surface area contributed by atoms with E-state index in [2.05, 4.69) is 10.2 Å². The van der Waals surface area contributed by atoms with Gasteiger partial charge in [-0.1, -0.05) is 17.7 Å². The van der Waals surface area contributed by atoms with E-state index in [4.69, 9.17) is 22.1 Å². The lowest BCUT2D eigenvalue weighted by atomic mass is 10.1. The minimum absolute atomic E-state index is 0.0482. The Balaban J connectivity index is 2.10. The first-order chi connectivity index (χ1) is 8.99. The van der Waals surface area contributed by atoms with Crippen molar-refractivity contribution in [1.29, 1.82) is 0 Å². The molecule has 0 amide bonds. The molecule has 0 saturated heterocycles. The summed E-state index contributed by atoms with van der Waals surface area (Å²) in [5.41, 5.74) is 6.78. The molecular formula is C13H17ClN4O. The van der Waals surface area contributed by atoms with Gasteiger partial charge in [0.25, 0.3) is 0 Å². The molecule has 1 aromatic carbocycles. The molecule has 0 bridgehead atoms. The van der Waals surface area contributed by atoms with Gasteiger partial charge in [-0.2, -0.15) is 0 Å². The van der Waals surface area contributed by atoms with Crippen LogP contribution in [0.5, 0.6) is 5.75 Å². The van der Waals surface area contributed by atoms with Crippen LogP contribution in [-0.2, 0) is 13.7 Å². The van der Waals surface area contributed by atoms with E-state index in [0.717, 1.165) is 17.2 Å². The van der Waals surface area contributed by atoms with Crippen LogP contribution in [0, 0.1) is 6.92 Å². The second-order valence-corrected chi connectivity index (χ2v) is 4.90. The zero-order valence-electron chi connectivity index (χ0n) is 11.2. The molecule has 0 spiro atoms. The Bertz CT molecular complexity index is 580. The SMILES string of the molecule is Cc1nnc(COc2ccc(C(C)N)cc2Cl)n1C. The summed E-state index contributed by atoms with van der Waals surface area (Å²) < 4.78 is 7.53. The van der Waals surface area contributed by atoms with Crippen molar-refractivity contribution < 1.29 is 4.74 Å². The lowest BCUT2D eigenvalue weighted by molar-refractivity contribution is 0.291. The van der Waals surface area contributed by atoms with Gasteiger partial charge in [0.2, 0.25) is 0 Å². The van der Waals surface area contributed by atoms with Gasteiger partial charge in [0, 0.05) is 13.1 Å². The van der Waals surface area contributed by atoms with E-state index >= 15 is 0 Å². The molecule has 2 rings (SSSR count). The van der Waals surface area contributed by atoms with Crippen LogP contribution in [0.4, 0.5) is 0 Å². The Hall–Kier alpha value is -1.59. The maximum Gasteiger partial charge on any atom is 0.170 e. The van der Waals surface area contributed by atoms with Gasteiger partial charge in [-0.15, -0.1) is 10.2 Å². The van der Waals surface area contributed by atoms with E-state index in [1.807, 2.05) is 43.7 Å². The number of hydrogen-bond acceptors (Lipinski definition) is 4. The number of aromatic nitrogens is 3. The number of rotatable bonds is 4. The molecule has 6 heteroatoms. The number of benzene rings is 1. The number of hydrogen-bond donors (Lipinski definition) is 1. The van der Waals surface area contributed by atoms with Gasteiger partial charge in [-0.25, -0.2) is 0 Å².